The Balaban J connectivity index is 1.50. The number of anilines is 1. The standard InChI is InChI=1S/C23H22ClN7O4/c1-35-19-4-3-14(24)9-16(19)21-18(12-30(28-21)13-20(33)29-8-5-15(32)11-29)27-23(34)17-10-26-31-7-2-6-25-22(17)31/h2-4,6-7,9-10,12,15,32H,5,8,11,13H2,1H3,(H,27,34). The molecule has 0 bridgehead atoms. The minimum Gasteiger partial charge on any atom is -0.496 e. The van der Waals surface area contributed by atoms with E-state index >= 15 is 0 Å². The van der Waals surface area contributed by atoms with Crippen LogP contribution in [0.25, 0.3) is 16.9 Å². The zero-order chi connectivity index (χ0) is 24.5. The fourth-order valence-corrected chi connectivity index (χ4v) is 4.21. The van der Waals surface area contributed by atoms with Gasteiger partial charge in [0.15, 0.2) is 5.65 Å². The zero-order valence-electron chi connectivity index (χ0n) is 18.8. The van der Waals surface area contributed by atoms with E-state index in [0.717, 1.165) is 0 Å². The number of aromatic nitrogens is 5. The number of hydrogen-bond donors (Lipinski definition) is 2. The van der Waals surface area contributed by atoms with Crippen LogP contribution in [0.4, 0.5) is 5.69 Å². The van der Waals surface area contributed by atoms with E-state index in [1.165, 1.54) is 22.5 Å². The Hall–Kier alpha value is -3.96. The second kappa shape index (κ2) is 9.35. The number of methoxy groups -OCH3 is 1. The number of amides is 2. The molecule has 2 N–H and O–H groups in total. The molecule has 180 valence electrons. The summed E-state index contributed by atoms with van der Waals surface area (Å²) in [6, 6.07) is 6.78. The van der Waals surface area contributed by atoms with Crippen molar-refractivity contribution in [2.24, 2.45) is 0 Å². The topological polar surface area (TPSA) is 127 Å². The highest BCUT2D eigenvalue weighted by atomic mass is 35.5. The van der Waals surface area contributed by atoms with Gasteiger partial charge in [0.05, 0.1) is 25.1 Å². The molecule has 1 aromatic carbocycles. The molecule has 2 amide bonds. The Morgan fingerprint density at radius 1 is 1.34 bits per heavy atom. The van der Waals surface area contributed by atoms with E-state index in [9.17, 15) is 14.7 Å². The van der Waals surface area contributed by atoms with Gasteiger partial charge in [-0.1, -0.05) is 11.6 Å². The molecule has 0 radical (unpaired) electrons. The summed E-state index contributed by atoms with van der Waals surface area (Å²) in [7, 11) is 1.52. The van der Waals surface area contributed by atoms with Gasteiger partial charge < -0.3 is 20.1 Å². The largest absolute Gasteiger partial charge is 0.496 e. The molecular formula is C23H22ClN7O4. The number of fused-ring (bicyclic) bond motifs is 1. The average molecular weight is 496 g/mol. The van der Waals surface area contributed by atoms with Crippen molar-refractivity contribution in [3.63, 3.8) is 0 Å². The summed E-state index contributed by atoms with van der Waals surface area (Å²) in [5.74, 6) is -0.116. The first kappa shape index (κ1) is 22.8. The van der Waals surface area contributed by atoms with Gasteiger partial charge in [0.2, 0.25) is 5.91 Å². The highest BCUT2D eigenvalue weighted by molar-refractivity contribution is 6.31. The van der Waals surface area contributed by atoms with Crippen molar-refractivity contribution in [2.75, 3.05) is 25.5 Å². The lowest BCUT2D eigenvalue weighted by molar-refractivity contribution is -0.131. The monoisotopic (exact) mass is 495 g/mol. The number of carbonyl (C=O) groups is 2. The van der Waals surface area contributed by atoms with Crippen LogP contribution in [0.15, 0.2) is 49.1 Å². The number of halogens is 1. The lowest BCUT2D eigenvalue weighted by atomic mass is 10.1. The summed E-state index contributed by atoms with van der Waals surface area (Å²) >= 11 is 6.24. The number of ether oxygens (including phenoxy) is 1. The molecule has 1 aliphatic rings. The van der Waals surface area contributed by atoms with Crippen LogP contribution in [-0.2, 0) is 11.3 Å². The lowest BCUT2D eigenvalue weighted by Gasteiger charge is -2.15. The van der Waals surface area contributed by atoms with Crippen LogP contribution in [0.2, 0.25) is 5.02 Å². The van der Waals surface area contributed by atoms with Gasteiger partial charge in [-0.2, -0.15) is 10.2 Å². The lowest BCUT2D eigenvalue weighted by Crippen LogP contribution is -2.32. The van der Waals surface area contributed by atoms with E-state index in [2.05, 4.69) is 20.5 Å². The number of hydrogen-bond acceptors (Lipinski definition) is 7. The first-order valence-electron chi connectivity index (χ1n) is 10.9. The van der Waals surface area contributed by atoms with Crippen molar-refractivity contribution in [2.45, 2.75) is 19.1 Å². The van der Waals surface area contributed by atoms with Crippen LogP contribution >= 0.6 is 11.6 Å². The number of aliphatic hydroxyl groups is 1. The third kappa shape index (κ3) is 4.55. The maximum atomic E-state index is 13.2. The van der Waals surface area contributed by atoms with Crippen molar-refractivity contribution in [3.05, 3.63) is 59.6 Å². The van der Waals surface area contributed by atoms with E-state index in [4.69, 9.17) is 16.3 Å². The van der Waals surface area contributed by atoms with Gasteiger partial charge in [-0.15, -0.1) is 0 Å². The number of benzene rings is 1. The number of nitrogens with one attached hydrogen (secondary N) is 1. The van der Waals surface area contributed by atoms with Crippen molar-refractivity contribution >= 4 is 34.7 Å². The molecular weight excluding hydrogens is 474 g/mol. The second-order valence-electron chi connectivity index (χ2n) is 8.12. The van der Waals surface area contributed by atoms with Gasteiger partial charge >= 0.3 is 0 Å². The van der Waals surface area contributed by atoms with Crippen LogP contribution < -0.4 is 10.1 Å². The third-order valence-corrected chi connectivity index (χ3v) is 6.00. The average Bonchev–Trinajstić information content (AvgIpc) is 3.57. The van der Waals surface area contributed by atoms with E-state index in [1.54, 1.807) is 47.8 Å². The Bertz CT molecular complexity index is 1420. The number of carbonyl (C=O) groups excluding carboxylic acids is 2. The number of rotatable bonds is 6. The van der Waals surface area contributed by atoms with Crippen LogP contribution in [0.5, 0.6) is 5.75 Å². The Morgan fingerprint density at radius 3 is 2.97 bits per heavy atom. The first-order chi connectivity index (χ1) is 16.9. The molecule has 0 spiro atoms. The van der Waals surface area contributed by atoms with Gasteiger partial charge in [-0.05, 0) is 30.7 Å². The molecule has 5 rings (SSSR count). The Labute approximate surface area is 204 Å². The Morgan fingerprint density at radius 2 is 2.20 bits per heavy atom. The van der Waals surface area contributed by atoms with Crippen molar-refractivity contribution in [1.29, 1.82) is 0 Å². The second-order valence-corrected chi connectivity index (χ2v) is 8.55. The van der Waals surface area contributed by atoms with Gasteiger partial charge in [-0.25, -0.2) is 9.50 Å². The van der Waals surface area contributed by atoms with Crippen LogP contribution in [0.1, 0.15) is 16.8 Å². The predicted octanol–water partition coefficient (Wildman–Crippen LogP) is 2.10. The van der Waals surface area contributed by atoms with Crippen LogP contribution in [0.3, 0.4) is 0 Å². The molecule has 35 heavy (non-hydrogen) atoms. The highest BCUT2D eigenvalue weighted by Gasteiger charge is 2.26. The highest BCUT2D eigenvalue weighted by Crippen LogP contribution is 2.36. The predicted molar refractivity (Wildman–Crippen MR) is 127 cm³/mol. The third-order valence-electron chi connectivity index (χ3n) is 5.76. The molecule has 1 unspecified atom stereocenters. The molecule has 1 fully saturated rings. The van der Waals surface area contributed by atoms with Crippen molar-refractivity contribution in [1.82, 2.24) is 29.3 Å². The molecule has 12 heteroatoms. The van der Waals surface area contributed by atoms with Gasteiger partial charge in [0, 0.05) is 42.3 Å². The van der Waals surface area contributed by atoms with E-state index in [1.807, 2.05) is 0 Å². The quantitative estimate of drug-likeness (QED) is 0.419. The van der Waals surface area contributed by atoms with E-state index < -0.39 is 12.0 Å². The minimum absolute atomic E-state index is 0.0588. The fourth-order valence-electron chi connectivity index (χ4n) is 4.04. The molecule has 4 aromatic rings. The van der Waals surface area contributed by atoms with Gasteiger partial charge in [0.1, 0.15) is 23.6 Å². The zero-order valence-corrected chi connectivity index (χ0v) is 19.5. The summed E-state index contributed by atoms with van der Waals surface area (Å²) in [5, 5.41) is 21.8. The summed E-state index contributed by atoms with van der Waals surface area (Å²) in [6.07, 6.45) is 6.32. The van der Waals surface area contributed by atoms with Crippen molar-refractivity contribution < 1.29 is 19.4 Å². The maximum Gasteiger partial charge on any atom is 0.261 e. The molecule has 0 aliphatic carbocycles. The summed E-state index contributed by atoms with van der Waals surface area (Å²) in [5.41, 5.74) is 1.99. The molecule has 0 saturated carbocycles. The van der Waals surface area contributed by atoms with Crippen molar-refractivity contribution in [3.8, 4) is 17.0 Å². The molecule has 3 aromatic heterocycles. The summed E-state index contributed by atoms with van der Waals surface area (Å²) in [6.45, 7) is 0.721. The van der Waals surface area contributed by atoms with Crippen LogP contribution in [-0.4, -0.2) is 72.5 Å². The number of likely N-dealkylation sites (tertiary alicyclic amines) is 1. The minimum atomic E-state index is -0.517. The van der Waals surface area contributed by atoms with E-state index in [0.29, 0.717) is 52.9 Å². The SMILES string of the molecule is COc1ccc(Cl)cc1-c1nn(CC(=O)N2CCC(O)C2)cc1NC(=O)c1cnn2cccnc12. The first-order valence-corrected chi connectivity index (χ1v) is 11.3. The molecule has 11 nitrogen and oxygen atoms in total. The molecule has 1 atom stereocenters. The van der Waals surface area contributed by atoms with Gasteiger partial charge in [0.25, 0.3) is 5.91 Å². The summed E-state index contributed by atoms with van der Waals surface area (Å²) < 4.78 is 8.43. The molecule has 1 saturated heterocycles. The van der Waals surface area contributed by atoms with Crippen LogP contribution in [0, 0.1) is 0 Å². The maximum absolute atomic E-state index is 13.2. The summed E-state index contributed by atoms with van der Waals surface area (Å²) in [4.78, 5) is 31.7. The molecule has 1 aliphatic heterocycles. The number of nitrogens with zero attached hydrogens (tertiary/aromatic N) is 6. The smallest absolute Gasteiger partial charge is 0.261 e. The number of β-amino-alcohol motifs (C(OH)–C–C–N with tert-alkyl or cyclic N) is 1. The molecule has 4 heterocycles. The Kier molecular flexibility index (Phi) is 6.10. The van der Waals surface area contributed by atoms with Gasteiger partial charge in [-0.3, -0.25) is 14.3 Å². The number of aliphatic hydroxyl groups excluding tert-OH is 1. The normalized spacial score (nSPS) is 15.5. The van der Waals surface area contributed by atoms with E-state index in [-0.39, 0.29) is 18.0 Å². The fraction of sp³-hybridized carbons (Fsp3) is 0.261.